The van der Waals surface area contributed by atoms with Gasteiger partial charge in [0.25, 0.3) is 5.91 Å². The Hall–Kier alpha value is -3.02. The molecule has 6 nitrogen and oxygen atoms in total. The fourth-order valence-corrected chi connectivity index (χ4v) is 2.15. The monoisotopic (exact) mass is 343 g/mol. The van der Waals surface area contributed by atoms with Crippen molar-refractivity contribution in [3.63, 3.8) is 0 Å². The zero-order chi connectivity index (χ0) is 18.2. The summed E-state index contributed by atoms with van der Waals surface area (Å²) in [6.07, 6.45) is -0.762. The lowest BCUT2D eigenvalue weighted by Crippen LogP contribution is -2.30. The third kappa shape index (κ3) is 4.97. The molecule has 0 aromatic heterocycles. The van der Waals surface area contributed by atoms with Gasteiger partial charge in [-0.3, -0.25) is 4.79 Å². The first-order chi connectivity index (χ1) is 12.0. The first kappa shape index (κ1) is 18.3. The van der Waals surface area contributed by atoms with Crippen LogP contribution in [-0.4, -0.2) is 31.7 Å². The first-order valence-electron chi connectivity index (χ1n) is 7.93. The predicted molar refractivity (Wildman–Crippen MR) is 94.1 cm³/mol. The number of hydrogen-bond acceptors (Lipinski definition) is 5. The number of carbonyl (C=O) groups is 2. The minimum atomic E-state index is -0.762. The molecule has 6 heteroatoms. The molecule has 2 rings (SSSR count). The highest BCUT2D eigenvalue weighted by atomic mass is 16.5. The van der Waals surface area contributed by atoms with Gasteiger partial charge in [0.15, 0.2) is 6.10 Å². The van der Waals surface area contributed by atoms with Crippen molar-refractivity contribution >= 4 is 17.6 Å². The summed E-state index contributed by atoms with van der Waals surface area (Å²) in [5, 5.41) is 2.76. The van der Waals surface area contributed by atoms with Gasteiger partial charge in [-0.2, -0.15) is 0 Å². The van der Waals surface area contributed by atoms with Crippen molar-refractivity contribution in [2.24, 2.45) is 0 Å². The second-order valence-electron chi connectivity index (χ2n) is 5.20. The van der Waals surface area contributed by atoms with Crippen LogP contribution in [0.4, 0.5) is 5.69 Å². The van der Waals surface area contributed by atoms with Crippen LogP contribution >= 0.6 is 0 Å². The van der Waals surface area contributed by atoms with Crippen LogP contribution in [0.1, 0.15) is 24.2 Å². The van der Waals surface area contributed by atoms with Crippen LogP contribution in [0.5, 0.6) is 11.5 Å². The van der Waals surface area contributed by atoms with Crippen molar-refractivity contribution < 1.29 is 23.8 Å². The topological polar surface area (TPSA) is 73.9 Å². The zero-order valence-corrected chi connectivity index (χ0v) is 14.4. The van der Waals surface area contributed by atoms with Crippen LogP contribution in [0.2, 0.25) is 0 Å². The van der Waals surface area contributed by atoms with Crippen molar-refractivity contribution in [1.29, 1.82) is 0 Å². The van der Waals surface area contributed by atoms with Crippen molar-refractivity contribution in [3.05, 3.63) is 54.1 Å². The van der Waals surface area contributed by atoms with E-state index in [-0.39, 0.29) is 5.91 Å². The predicted octanol–water partition coefficient (Wildman–Crippen LogP) is 3.28. The highest BCUT2D eigenvalue weighted by molar-refractivity contribution is 5.95. The molecule has 0 bridgehead atoms. The van der Waals surface area contributed by atoms with Gasteiger partial charge in [-0.25, -0.2) is 4.79 Å². The smallest absolute Gasteiger partial charge is 0.338 e. The van der Waals surface area contributed by atoms with E-state index in [9.17, 15) is 9.59 Å². The molecule has 0 spiro atoms. The number of nitrogens with one attached hydrogen (secondary N) is 1. The summed E-state index contributed by atoms with van der Waals surface area (Å²) in [6.45, 7) is 3.66. The van der Waals surface area contributed by atoms with Crippen LogP contribution in [0, 0.1) is 0 Å². The largest absolute Gasteiger partial charge is 0.495 e. The van der Waals surface area contributed by atoms with Gasteiger partial charge in [-0.15, -0.1) is 0 Å². The molecular weight excluding hydrogens is 322 g/mol. The molecule has 2 aromatic rings. The zero-order valence-electron chi connectivity index (χ0n) is 14.4. The Kier molecular flexibility index (Phi) is 6.39. The summed E-state index contributed by atoms with van der Waals surface area (Å²) in [4.78, 5) is 24.1. The van der Waals surface area contributed by atoms with Gasteiger partial charge in [-0.05, 0) is 44.2 Å². The molecule has 0 unspecified atom stereocenters. The summed E-state index contributed by atoms with van der Waals surface area (Å²) in [6, 6.07) is 13.6. The summed E-state index contributed by atoms with van der Waals surface area (Å²) >= 11 is 0. The molecule has 1 atom stereocenters. The molecule has 0 saturated heterocycles. The lowest BCUT2D eigenvalue weighted by Gasteiger charge is -2.16. The molecule has 0 radical (unpaired) electrons. The molecule has 2 aromatic carbocycles. The maximum Gasteiger partial charge on any atom is 0.338 e. The molecule has 0 heterocycles. The number of methoxy groups -OCH3 is 1. The fourth-order valence-electron chi connectivity index (χ4n) is 2.15. The van der Waals surface area contributed by atoms with Gasteiger partial charge in [0.2, 0.25) is 0 Å². The Balaban J connectivity index is 2.04. The van der Waals surface area contributed by atoms with Crippen LogP contribution in [-0.2, 0) is 9.53 Å². The van der Waals surface area contributed by atoms with E-state index in [1.54, 1.807) is 56.3 Å². The third-order valence-electron chi connectivity index (χ3n) is 3.39. The van der Waals surface area contributed by atoms with Gasteiger partial charge in [0.05, 0.1) is 25.0 Å². The Morgan fingerprint density at radius 2 is 1.88 bits per heavy atom. The van der Waals surface area contributed by atoms with Crippen molar-refractivity contribution in [1.82, 2.24) is 0 Å². The number of rotatable bonds is 7. The van der Waals surface area contributed by atoms with Crippen LogP contribution < -0.4 is 14.8 Å². The average molecular weight is 343 g/mol. The van der Waals surface area contributed by atoms with Crippen molar-refractivity contribution in [2.75, 3.05) is 19.0 Å². The lowest BCUT2D eigenvalue weighted by molar-refractivity contribution is -0.122. The number of hydrogen-bond donors (Lipinski definition) is 1. The Morgan fingerprint density at radius 3 is 2.60 bits per heavy atom. The maximum atomic E-state index is 12.3. The van der Waals surface area contributed by atoms with Crippen molar-refractivity contribution in [3.8, 4) is 11.5 Å². The maximum absolute atomic E-state index is 12.3. The van der Waals surface area contributed by atoms with Crippen LogP contribution in [0.15, 0.2) is 48.5 Å². The third-order valence-corrected chi connectivity index (χ3v) is 3.39. The van der Waals surface area contributed by atoms with E-state index in [4.69, 9.17) is 14.2 Å². The summed E-state index contributed by atoms with van der Waals surface area (Å²) in [7, 11) is 1.53. The molecule has 1 amide bonds. The second kappa shape index (κ2) is 8.73. The summed E-state index contributed by atoms with van der Waals surface area (Å²) in [5.74, 6) is 0.214. The van der Waals surface area contributed by atoms with Gasteiger partial charge >= 0.3 is 5.97 Å². The number of esters is 1. The van der Waals surface area contributed by atoms with Crippen molar-refractivity contribution in [2.45, 2.75) is 20.0 Å². The summed E-state index contributed by atoms with van der Waals surface area (Å²) < 4.78 is 15.8. The van der Waals surface area contributed by atoms with Gasteiger partial charge in [0, 0.05) is 0 Å². The number of amides is 1. The van der Waals surface area contributed by atoms with E-state index in [0.717, 1.165) is 0 Å². The molecule has 0 aliphatic rings. The molecular formula is C19H21NO5. The van der Waals surface area contributed by atoms with Gasteiger partial charge in [0.1, 0.15) is 11.5 Å². The molecule has 25 heavy (non-hydrogen) atoms. The molecule has 0 saturated carbocycles. The van der Waals surface area contributed by atoms with E-state index >= 15 is 0 Å². The fraction of sp³-hybridized carbons (Fsp3) is 0.263. The minimum Gasteiger partial charge on any atom is -0.495 e. The number of para-hydroxylation sites is 2. The quantitative estimate of drug-likeness (QED) is 0.781. The van der Waals surface area contributed by atoms with E-state index in [0.29, 0.717) is 29.4 Å². The SMILES string of the molecule is CCOC(=O)c1cccc(O[C@H](C)C(=O)Nc2ccccc2OC)c1. The Morgan fingerprint density at radius 1 is 1.12 bits per heavy atom. The number of anilines is 1. The number of benzene rings is 2. The molecule has 132 valence electrons. The number of carbonyl (C=O) groups excluding carboxylic acids is 2. The minimum absolute atomic E-state index is 0.293. The lowest BCUT2D eigenvalue weighted by atomic mass is 10.2. The standard InChI is InChI=1S/C19H21NO5/c1-4-24-19(22)14-8-7-9-15(12-14)25-13(2)18(21)20-16-10-5-6-11-17(16)23-3/h5-13H,4H2,1-3H3,(H,20,21)/t13-/m1/s1. The normalized spacial score (nSPS) is 11.3. The molecule has 0 fully saturated rings. The highest BCUT2D eigenvalue weighted by Crippen LogP contribution is 2.23. The van der Waals surface area contributed by atoms with Crippen LogP contribution in [0.3, 0.4) is 0 Å². The average Bonchev–Trinajstić information content (AvgIpc) is 2.62. The molecule has 0 aliphatic carbocycles. The summed E-state index contributed by atoms with van der Waals surface area (Å²) in [5.41, 5.74) is 0.933. The van der Waals surface area contributed by atoms with E-state index < -0.39 is 12.1 Å². The second-order valence-corrected chi connectivity index (χ2v) is 5.20. The van der Waals surface area contributed by atoms with E-state index in [1.807, 2.05) is 6.07 Å². The highest BCUT2D eigenvalue weighted by Gasteiger charge is 2.17. The van der Waals surface area contributed by atoms with Crippen LogP contribution in [0.25, 0.3) is 0 Å². The van der Waals surface area contributed by atoms with Gasteiger partial charge < -0.3 is 19.5 Å². The van der Waals surface area contributed by atoms with E-state index in [2.05, 4.69) is 5.32 Å². The van der Waals surface area contributed by atoms with E-state index in [1.165, 1.54) is 7.11 Å². The molecule has 1 N–H and O–H groups in total. The van der Waals surface area contributed by atoms with Gasteiger partial charge in [-0.1, -0.05) is 18.2 Å². The Labute approximate surface area is 146 Å². The first-order valence-corrected chi connectivity index (χ1v) is 7.93. The Bertz CT molecular complexity index is 744. The number of ether oxygens (including phenoxy) is 3. The molecule has 0 aliphatic heterocycles.